The first-order chi connectivity index (χ1) is 25.6. The largest absolute Gasteiger partial charge is 0.451 e. The van der Waals surface area contributed by atoms with Gasteiger partial charge >= 0.3 is 0 Å². The Labute approximate surface area is 314 Å². The van der Waals surface area contributed by atoms with Crippen LogP contribution in [0.4, 0.5) is 27.3 Å². The van der Waals surface area contributed by atoms with Crippen molar-refractivity contribution < 1.29 is 27.9 Å². The number of rotatable bonds is 6. The number of carbonyl (C=O) groups is 3. The van der Waals surface area contributed by atoms with Crippen molar-refractivity contribution in [2.75, 3.05) is 53.3 Å². The van der Waals surface area contributed by atoms with Crippen LogP contribution in [-0.2, 0) is 11.2 Å². The Morgan fingerprint density at radius 2 is 1.64 bits per heavy atom. The summed E-state index contributed by atoms with van der Waals surface area (Å²) in [5.74, 6) is -0.729. The fraction of sp³-hybridized carbons (Fsp3) is 0.250. The SMILES string of the molecule is Cc1cnc(N2CC3(CCOCC3)C2)c(C(=O)Nc2ccc(C(=O)N3CCc4cc(C(=O)Nc5c(Cl)cccc5Cl)oc4-c4ccc(F)cc43)cc2)c1. The molecule has 270 valence electrons. The molecule has 2 fully saturated rings. The van der Waals surface area contributed by atoms with Gasteiger partial charge in [-0.1, -0.05) is 29.3 Å². The molecule has 0 radical (unpaired) electrons. The summed E-state index contributed by atoms with van der Waals surface area (Å²) in [6.07, 6.45) is 4.11. The van der Waals surface area contributed by atoms with Crippen LogP contribution in [0.5, 0.6) is 0 Å². The Kier molecular flexibility index (Phi) is 9.18. The highest BCUT2D eigenvalue weighted by atomic mass is 35.5. The highest BCUT2D eigenvalue weighted by molar-refractivity contribution is 6.40. The number of nitrogens with one attached hydrogen (secondary N) is 2. The van der Waals surface area contributed by atoms with Crippen LogP contribution in [0.15, 0.2) is 83.4 Å². The molecule has 2 saturated heterocycles. The minimum Gasteiger partial charge on any atom is -0.451 e. The number of furan rings is 1. The number of hydrogen-bond acceptors (Lipinski definition) is 7. The number of halogens is 3. The maximum absolute atomic E-state index is 14.7. The van der Waals surface area contributed by atoms with Crippen LogP contribution < -0.4 is 20.4 Å². The van der Waals surface area contributed by atoms with E-state index in [1.54, 1.807) is 54.7 Å². The quantitative estimate of drug-likeness (QED) is 0.179. The highest BCUT2D eigenvalue weighted by Crippen LogP contribution is 2.43. The third-order valence-electron chi connectivity index (χ3n) is 10.1. The minimum atomic E-state index is -0.560. The van der Waals surface area contributed by atoms with Crippen LogP contribution >= 0.6 is 23.2 Å². The molecule has 0 saturated carbocycles. The Bertz CT molecular complexity index is 2240. The van der Waals surface area contributed by atoms with Gasteiger partial charge in [0.05, 0.1) is 27.0 Å². The molecule has 1 spiro atoms. The Morgan fingerprint density at radius 1 is 0.906 bits per heavy atom. The average molecular weight is 755 g/mol. The predicted octanol–water partition coefficient (Wildman–Crippen LogP) is 8.42. The Hall–Kier alpha value is -5.23. The molecule has 2 N–H and O–H groups in total. The number of anilines is 4. The van der Waals surface area contributed by atoms with Gasteiger partial charge in [0.25, 0.3) is 17.7 Å². The molecular formula is C40H34Cl2FN5O5. The van der Waals surface area contributed by atoms with Crippen molar-refractivity contribution >= 4 is 63.8 Å². The van der Waals surface area contributed by atoms with Gasteiger partial charge in [-0.05, 0) is 98.5 Å². The zero-order valence-electron chi connectivity index (χ0n) is 28.7. The zero-order chi connectivity index (χ0) is 36.9. The van der Waals surface area contributed by atoms with Gasteiger partial charge in [-0.15, -0.1) is 0 Å². The van der Waals surface area contributed by atoms with Crippen molar-refractivity contribution in [2.24, 2.45) is 5.41 Å². The van der Waals surface area contributed by atoms with E-state index in [9.17, 15) is 18.8 Å². The fourth-order valence-corrected chi connectivity index (χ4v) is 7.79. The van der Waals surface area contributed by atoms with E-state index in [0.29, 0.717) is 51.6 Å². The molecule has 5 heterocycles. The molecule has 0 unspecified atom stereocenters. The molecule has 2 aromatic heterocycles. The molecule has 53 heavy (non-hydrogen) atoms. The van der Waals surface area contributed by atoms with Crippen LogP contribution in [0.1, 0.15) is 55.2 Å². The van der Waals surface area contributed by atoms with Gasteiger partial charge in [-0.2, -0.15) is 0 Å². The molecule has 10 nitrogen and oxygen atoms in total. The molecule has 0 bridgehead atoms. The number of benzene rings is 3. The maximum atomic E-state index is 14.7. The van der Waals surface area contributed by atoms with Crippen molar-refractivity contribution in [1.82, 2.24) is 4.98 Å². The molecule has 5 aromatic rings. The first-order valence-electron chi connectivity index (χ1n) is 17.3. The minimum absolute atomic E-state index is 0.0142. The monoisotopic (exact) mass is 753 g/mol. The van der Waals surface area contributed by atoms with E-state index in [0.717, 1.165) is 44.7 Å². The second kappa shape index (κ2) is 14.0. The van der Waals surface area contributed by atoms with Gasteiger partial charge < -0.3 is 29.6 Å². The van der Waals surface area contributed by atoms with E-state index in [2.05, 4.69) is 20.5 Å². The summed E-state index contributed by atoms with van der Waals surface area (Å²) in [5, 5.41) is 6.20. The van der Waals surface area contributed by atoms with Crippen molar-refractivity contribution in [3.05, 3.63) is 123 Å². The predicted molar refractivity (Wildman–Crippen MR) is 202 cm³/mol. The molecule has 0 aliphatic carbocycles. The number of amides is 3. The third kappa shape index (κ3) is 6.76. The van der Waals surface area contributed by atoms with Gasteiger partial charge in [-0.25, -0.2) is 9.37 Å². The van der Waals surface area contributed by atoms with Crippen LogP contribution in [-0.4, -0.2) is 55.6 Å². The molecule has 13 heteroatoms. The molecule has 3 aromatic carbocycles. The first-order valence-corrected chi connectivity index (χ1v) is 18.0. The Morgan fingerprint density at radius 3 is 2.38 bits per heavy atom. The lowest BCUT2D eigenvalue weighted by molar-refractivity contribution is -0.000511. The number of aryl methyl sites for hydroxylation is 1. The number of pyridine rings is 1. The lowest BCUT2D eigenvalue weighted by atomic mass is 9.73. The number of nitrogens with zero attached hydrogens (tertiary/aromatic N) is 3. The van der Waals surface area contributed by atoms with Gasteiger partial charge in [-0.3, -0.25) is 14.4 Å². The molecule has 0 atom stereocenters. The summed E-state index contributed by atoms with van der Waals surface area (Å²) in [6.45, 7) is 5.28. The molecule has 3 aliphatic rings. The first kappa shape index (κ1) is 34.8. The second-order valence-corrected chi connectivity index (χ2v) is 14.6. The summed E-state index contributed by atoms with van der Waals surface area (Å²) < 4.78 is 26.3. The summed E-state index contributed by atoms with van der Waals surface area (Å²) in [5.41, 5.74) is 4.11. The van der Waals surface area contributed by atoms with Gasteiger partial charge in [0.2, 0.25) is 0 Å². The van der Waals surface area contributed by atoms with E-state index < -0.39 is 11.7 Å². The summed E-state index contributed by atoms with van der Waals surface area (Å²) >= 11 is 12.5. The van der Waals surface area contributed by atoms with E-state index in [-0.39, 0.29) is 45.3 Å². The van der Waals surface area contributed by atoms with Crippen molar-refractivity contribution in [1.29, 1.82) is 0 Å². The van der Waals surface area contributed by atoms with Gasteiger partial charge in [0.1, 0.15) is 17.4 Å². The van der Waals surface area contributed by atoms with E-state index in [1.165, 1.54) is 23.1 Å². The summed E-state index contributed by atoms with van der Waals surface area (Å²) in [6, 6.07) is 19.0. The van der Waals surface area contributed by atoms with Crippen molar-refractivity contribution in [2.45, 2.75) is 26.2 Å². The normalized spacial score (nSPS) is 15.9. The Balaban J connectivity index is 0.991. The third-order valence-corrected chi connectivity index (χ3v) is 10.8. The second-order valence-electron chi connectivity index (χ2n) is 13.8. The fourth-order valence-electron chi connectivity index (χ4n) is 7.30. The lowest BCUT2D eigenvalue weighted by Crippen LogP contribution is -2.59. The standard InChI is InChI=1S/C40H34Cl2FN5O5/c1-23-17-29(36(44-20-23)47-21-40(22-47)12-15-52-16-13-40)37(49)45-27-8-5-24(6-9-27)39(51)48-14-11-25-18-33(38(50)46-34-30(41)3-2-4-31(34)42)53-35(25)28-10-7-26(43)19-32(28)48/h2-10,17-20H,11-16,21-22H2,1H3,(H,45,49)(H,46,50). The van der Waals surface area contributed by atoms with Crippen molar-refractivity contribution in [3.63, 3.8) is 0 Å². The van der Waals surface area contributed by atoms with Crippen molar-refractivity contribution in [3.8, 4) is 11.3 Å². The van der Waals surface area contributed by atoms with Crippen LogP contribution in [0, 0.1) is 18.2 Å². The highest BCUT2D eigenvalue weighted by Gasteiger charge is 2.45. The zero-order valence-corrected chi connectivity index (χ0v) is 30.2. The average Bonchev–Trinajstić information content (AvgIpc) is 3.51. The number of aromatic nitrogens is 1. The van der Waals surface area contributed by atoms with Crippen LogP contribution in [0.3, 0.4) is 0 Å². The summed E-state index contributed by atoms with van der Waals surface area (Å²) in [7, 11) is 0. The van der Waals surface area contributed by atoms with Crippen LogP contribution in [0.25, 0.3) is 11.3 Å². The smallest absolute Gasteiger partial charge is 0.291 e. The van der Waals surface area contributed by atoms with Gasteiger partial charge in [0, 0.05) is 66.8 Å². The summed E-state index contributed by atoms with van der Waals surface area (Å²) in [4.78, 5) is 49.0. The number of ether oxygens (including phenoxy) is 1. The number of hydrogen-bond donors (Lipinski definition) is 2. The maximum Gasteiger partial charge on any atom is 0.291 e. The topological polar surface area (TPSA) is 117 Å². The molecule has 8 rings (SSSR count). The van der Waals surface area contributed by atoms with Gasteiger partial charge in [0.15, 0.2) is 5.76 Å². The number of fused-ring (bicyclic) bond motifs is 3. The van der Waals surface area contributed by atoms with E-state index >= 15 is 0 Å². The number of carbonyl (C=O) groups excluding carboxylic acids is 3. The lowest BCUT2D eigenvalue weighted by Gasteiger charge is -2.53. The molecular weight excluding hydrogens is 720 g/mol. The molecule has 3 amide bonds. The number of para-hydroxylation sites is 1. The molecule has 3 aliphatic heterocycles. The van der Waals surface area contributed by atoms with E-state index in [4.69, 9.17) is 32.4 Å². The van der Waals surface area contributed by atoms with E-state index in [1.807, 2.05) is 13.0 Å². The van der Waals surface area contributed by atoms with Crippen LogP contribution in [0.2, 0.25) is 10.0 Å².